The molecule has 2 saturated heterocycles. The number of fused-ring (bicyclic) bond motifs is 4. The van der Waals surface area contributed by atoms with Crippen molar-refractivity contribution in [3.63, 3.8) is 0 Å². The van der Waals surface area contributed by atoms with Crippen LogP contribution in [0.1, 0.15) is 42.0 Å². The molecule has 0 bridgehead atoms. The third-order valence-corrected chi connectivity index (χ3v) is 7.05. The van der Waals surface area contributed by atoms with Crippen LogP contribution < -0.4 is 5.32 Å². The Balaban J connectivity index is 1.31. The van der Waals surface area contributed by atoms with E-state index < -0.39 is 0 Å². The maximum absolute atomic E-state index is 13.3. The van der Waals surface area contributed by atoms with Crippen LogP contribution >= 0.6 is 0 Å². The highest BCUT2D eigenvalue weighted by Crippen LogP contribution is 2.43. The molecule has 1 N–H and O–H groups in total. The molecule has 30 heavy (non-hydrogen) atoms. The zero-order chi connectivity index (χ0) is 20.5. The Labute approximate surface area is 178 Å². The zero-order valence-corrected chi connectivity index (χ0v) is 17.3. The molecule has 0 radical (unpaired) electrons. The van der Waals surface area contributed by atoms with Gasteiger partial charge in [0.05, 0.1) is 12.0 Å². The van der Waals surface area contributed by atoms with Crippen molar-refractivity contribution >= 4 is 11.9 Å². The van der Waals surface area contributed by atoms with E-state index in [1.54, 1.807) is 0 Å². The fourth-order valence-corrected chi connectivity index (χ4v) is 5.56. The molecular formula is C25H29N3O2. The van der Waals surface area contributed by atoms with Crippen LogP contribution in [0.2, 0.25) is 0 Å². The maximum atomic E-state index is 13.3. The molecule has 0 saturated carbocycles. The predicted octanol–water partition coefficient (Wildman–Crippen LogP) is 3.55. The smallest absolute Gasteiger partial charge is 0.317 e. The van der Waals surface area contributed by atoms with Gasteiger partial charge in [0.2, 0.25) is 5.91 Å². The van der Waals surface area contributed by atoms with Gasteiger partial charge in [-0.15, -0.1) is 0 Å². The molecule has 5 heteroatoms. The Hall–Kier alpha value is -2.82. The quantitative estimate of drug-likeness (QED) is 0.852. The first kappa shape index (κ1) is 19.2. The molecule has 3 amide bonds. The summed E-state index contributed by atoms with van der Waals surface area (Å²) < 4.78 is 0. The summed E-state index contributed by atoms with van der Waals surface area (Å²) in [7, 11) is 0. The summed E-state index contributed by atoms with van der Waals surface area (Å²) in [5.74, 6) is 0.188. The normalized spacial score (nSPS) is 25.2. The monoisotopic (exact) mass is 403 g/mol. The van der Waals surface area contributed by atoms with Crippen LogP contribution in [0.3, 0.4) is 0 Å². The molecule has 0 aliphatic carbocycles. The van der Waals surface area contributed by atoms with E-state index in [0.717, 1.165) is 45.2 Å². The predicted molar refractivity (Wildman–Crippen MR) is 116 cm³/mol. The number of piperidine rings is 2. The summed E-state index contributed by atoms with van der Waals surface area (Å²) in [6.07, 6.45) is 4.38. The maximum Gasteiger partial charge on any atom is 0.317 e. The molecule has 3 atom stereocenters. The fraction of sp³-hybridized carbons (Fsp3) is 0.440. The first-order valence-corrected chi connectivity index (χ1v) is 11.2. The molecule has 2 aromatic rings. The Morgan fingerprint density at radius 3 is 2.70 bits per heavy atom. The minimum Gasteiger partial charge on any atom is -0.338 e. The van der Waals surface area contributed by atoms with Gasteiger partial charge < -0.3 is 15.1 Å². The topological polar surface area (TPSA) is 52.7 Å². The van der Waals surface area contributed by atoms with Gasteiger partial charge in [-0.25, -0.2) is 4.79 Å². The lowest BCUT2D eigenvalue weighted by Crippen LogP contribution is -2.61. The van der Waals surface area contributed by atoms with Crippen molar-refractivity contribution in [2.24, 2.45) is 5.92 Å². The molecule has 0 spiro atoms. The minimum absolute atomic E-state index is 0.00428. The molecule has 2 fully saturated rings. The van der Waals surface area contributed by atoms with Crippen LogP contribution in [-0.2, 0) is 17.6 Å². The number of amides is 3. The van der Waals surface area contributed by atoms with E-state index >= 15 is 0 Å². The number of rotatable bonds is 3. The summed E-state index contributed by atoms with van der Waals surface area (Å²) in [6, 6.07) is 18.8. The Kier molecular flexibility index (Phi) is 5.19. The number of carbonyl (C=O) groups excluding carboxylic acids is 2. The molecule has 5 nitrogen and oxygen atoms in total. The van der Waals surface area contributed by atoms with Crippen LogP contribution in [0.15, 0.2) is 54.6 Å². The first-order valence-electron chi connectivity index (χ1n) is 11.2. The Bertz CT molecular complexity index is 929. The van der Waals surface area contributed by atoms with E-state index in [1.807, 2.05) is 23.1 Å². The van der Waals surface area contributed by atoms with Crippen molar-refractivity contribution in [1.29, 1.82) is 0 Å². The van der Waals surface area contributed by atoms with Crippen molar-refractivity contribution in [1.82, 2.24) is 15.1 Å². The van der Waals surface area contributed by atoms with Crippen LogP contribution in [0.4, 0.5) is 4.79 Å². The largest absolute Gasteiger partial charge is 0.338 e. The Morgan fingerprint density at radius 2 is 1.83 bits per heavy atom. The average molecular weight is 404 g/mol. The molecule has 156 valence electrons. The number of hydrogen-bond acceptors (Lipinski definition) is 2. The standard InChI is InChI=1S/C25H29N3O2/c29-24-21-11-6-15-28(25(30)26-14-12-18-7-2-1-3-8-18)23(21)17-22-20-10-5-4-9-19(20)13-16-27(22)24/h1-5,7-10,21-23H,6,11-17H2,(H,26,30)/t21-,22+,23-/m0/s1. The highest BCUT2D eigenvalue weighted by molar-refractivity contribution is 5.83. The first-order chi connectivity index (χ1) is 14.7. The van der Waals surface area contributed by atoms with Crippen molar-refractivity contribution in [2.75, 3.05) is 19.6 Å². The SMILES string of the molecule is O=C1[C@H]2CCCN(C(=O)NCCc3ccccc3)[C@H]2C[C@@H]2c3ccccc3CCN12. The van der Waals surface area contributed by atoms with Crippen LogP contribution in [0.5, 0.6) is 0 Å². The van der Waals surface area contributed by atoms with Crippen molar-refractivity contribution < 1.29 is 9.59 Å². The second-order valence-corrected chi connectivity index (χ2v) is 8.71. The highest BCUT2D eigenvalue weighted by Gasteiger charge is 2.48. The lowest BCUT2D eigenvalue weighted by atomic mass is 9.76. The van der Waals surface area contributed by atoms with E-state index in [1.165, 1.54) is 16.7 Å². The van der Waals surface area contributed by atoms with Crippen molar-refractivity contribution in [3.8, 4) is 0 Å². The van der Waals surface area contributed by atoms with Gasteiger partial charge in [0.25, 0.3) is 0 Å². The lowest BCUT2D eigenvalue weighted by molar-refractivity contribution is -0.148. The van der Waals surface area contributed by atoms with Crippen LogP contribution in [0.25, 0.3) is 0 Å². The highest BCUT2D eigenvalue weighted by atomic mass is 16.2. The minimum atomic E-state index is -0.0554. The summed E-state index contributed by atoms with van der Waals surface area (Å²) >= 11 is 0. The van der Waals surface area contributed by atoms with Gasteiger partial charge in [-0.2, -0.15) is 0 Å². The van der Waals surface area contributed by atoms with Gasteiger partial charge >= 0.3 is 6.03 Å². The van der Waals surface area contributed by atoms with E-state index in [-0.39, 0.29) is 29.9 Å². The van der Waals surface area contributed by atoms with E-state index in [0.29, 0.717) is 6.54 Å². The molecule has 5 rings (SSSR count). The van der Waals surface area contributed by atoms with Crippen LogP contribution in [-0.4, -0.2) is 47.4 Å². The number of nitrogens with zero attached hydrogens (tertiary/aromatic N) is 2. The molecule has 0 aromatic heterocycles. The summed E-state index contributed by atoms with van der Waals surface area (Å²) in [5, 5.41) is 3.10. The van der Waals surface area contributed by atoms with Crippen molar-refractivity contribution in [2.45, 2.75) is 44.2 Å². The van der Waals surface area contributed by atoms with Crippen LogP contribution in [0, 0.1) is 5.92 Å². The Morgan fingerprint density at radius 1 is 1.03 bits per heavy atom. The molecular weight excluding hydrogens is 374 g/mol. The van der Waals surface area contributed by atoms with Gasteiger partial charge in [-0.3, -0.25) is 4.79 Å². The summed E-state index contributed by atoms with van der Waals surface area (Å²) in [5.41, 5.74) is 3.84. The number of likely N-dealkylation sites (tertiary alicyclic amines) is 1. The average Bonchev–Trinajstić information content (AvgIpc) is 2.79. The number of benzene rings is 2. The third kappa shape index (κ3) is 3.47. The molecule has 2 aromatic carbocycles. The summed E-state index contributed by atoms with van der Waals surface area (Å²) in [6.45, 7) is 2.15. The number of urea groups is 1. The van der Waals surface area contributed by atoms with Gasteiger partial charge in [-0.1, -0.05) is 54.6 Å². The van der Waals surface area contributed by atoms with Crippen molar-refractivity contribution in [3.05, 3.63) is 71.3 Å². The van der Waals surface area contributed by atoms with Gasteiger partial charge in [0.1, 0.15) is 0 Å². The van der Waals surface area contributed by atoms with E-state index in [2.05, 4.69) is 46.6 Å². The molecule has 3 heterocycles. The number of hydrogen-bond donors (Lipinski definition) is 1. The second kappa shape index (κ2) is 8.13. The molecule has 3 aliphatic heterocycles. The third-order valence-electron chi connectivity index (χ3n) is 7.05. The summed E-state index contributed by atoms with van der Waals surface area (Å²) in [4.78, 5) is 30.4. The van der Waals surface area contributed by atoms with E-state index in [9.17, 15) is 9.59 Å². The molecule has 3 aliphatic rings. The van der Waals surface area contributed by atoms with Gasteiger partial charge in [0.15, 0.2) is 0 Å². The zero-order valence-electron chi connectivity index (χ0n) is 17.3. The number of carbonyl (C=O) groups is 2. The lowest BCUT2D eigenvalue weighted by Gasteiger charge is -2.51. The van der Waals surface area contributed by atoms with E-state index in [4.69, 9.17) is 0 Å². The van der Waals surface area contributed by atoms with Gasteiger partial charge in [0, 0.05) is 25.7 Å². The molecule has 0 unspecified atom stereocenters. The van der Waals surface area contributed by atoms with Gasteiger partial charge in [-0.05, 0) is 48.8 Å². The second-order valence-electron chi connectivity index (χ2n) is 8.71. The number of nitrogens with one attached hydrogen (secondary N) is 1. The fourth-order valence-electron chi connectivity index (χ4n) is 5.56.